The third kappa shape index (κ3) is 3.19. The highest BCUT2D eigenvalue weighted by atomic mass is 19.1. The van der Waals surface area contributed by atoms with Gasteiger partial charge in [0.05, 0.1) is 11.2 Å². The van der Waals surface area contributed by atoms with Gasteiger partial charge in [-0.05, 0) is 48.9 Å². The number of pyridine rings is 1. The molecular formula is C22H18FN3O. The highest BCUT2D eigenvalue weighted by Crippen LogP contribution is 2.29. The van der Waals surface area contributed by atoms with Gasteiger partial charge in [0.2, 0.25) is 0 Å². The molecule has 0 bridgehead atoms. The monoisotopic (exact) mass is 359 g/mol. The molecule has 1 N–H and O–H groups in total. The van der Waals surface area contributed by atoms with E-state index in [-0.39, 0.29) is 11.7 Å². The molecule has 4 rings (SSSR count). The van der Waals surface area contributed by atoms with Crippen LogP contribution in [0.3, 0.4) is 0 Å². The van der Waals surface area contributed by atoms with Crippen LogP contribution in [0.1, 0.15) is 17.3 Å². The maximum Gasteiger partial charge on any atom is 0.253 e. The van der Waals surface area contributed by atoms with Gasteiger partial charge in [0, 0.05) is 23.5 Å². The first kappa shape index (κ1) is 17.0. The molecule has 2 aromatic carbocycles. The van der Waals surface area contributed by atoms with E-state index in [1.165, 1.54) is 6.07 Å². The van der Waals surface area contributed by atoms with Crippen LogP contribution in [-0.4, -0.2) is 15.5 Å². The summed E-state index contributed by atoms with van der Waals surface area (Å²) in [6.07, 6.45) is 3.39. The van der Waals surface area contributed by atoms with Gasteiger partial charge in [-0.15, -0.1) is 0 Å². The smallest absolute Gasteiger partial charge is 0.253 e. The van der Waals surface area contributed by atoms with Gasteiger partial charge in [0.15, 0.2) is 6.04 Å². The minimum atomic E-state index is -0.718. The van der Waals surface area contributed by atoms with Crippen molar-refractivity contribution in [2.45, 2.75) is 13.0 Å². The largest absolute Gasteiger partial charge is 0.329 e. The lowest BCUT2D eigenvalue weighted by molar-refractivity contribution is -0.118. The van der Waals surface area contributed by atoms with Crippen LogP contribution in [0.15, 0.2) is 79.1 Å². The van der Waals surface area contributed by atoms with E-state index in [9.17, 15) is 9.18 Å². The van der Waals surface area contributed by atoms with E-state index in [2.05, 4.69) is 10.3 Å². The van der Waals surface area contributed by atoms with Crippen LogP contribution in [-0.2, 0) is 4.79 Å². The van der Waals surface area contributed by atoms with Gasteiger partial charge in [-0.25, -0.2) is 4.39 Å². The number of amides is 1. The molecule has 4 nitrogen and oxygen atoms in total. The molecule has 2 aromatic heterocycles. The number of para-hydroxylation sites is 1. The molecule has 0 radical (unpaired) electrons. The van der Waals surface area contributed by atoms with Gasteiger partial charge in [-0.1, -0.05) is 30.3 Å². The number of hydrogen-bond donors (Lipinski definition) is 1. The standard InChI is InChI=1S/C22H18FN3O/c1-15-10-11-18(23)17-12-14-26(20(15)17)21(19-9-5-6-13-24-19)22(27)25-16-7-3-2-4-8-16/h2-14,21H,1H3,(H,25,27). The second-order valence-electron chi connectivity index (χ2n) is 6.36. The summed E-state index contributed by atoms with van der Waals surface area (Å²) < 4.78 is 16.0. The number of rotatable bonds is 4. The summed E-state index contributed by atoms with van der Waals surface area (Å²) in [5.41, 5.74) is 2.87. The third-order valence-electron chi connectivity index (χ3n) is 4.56. The van der Waals surface area contributed by atoms with Crippen LogP contribution >= 0.6 is 0 Å². The molecule has 1 unspecified atom stereocenters. The number of anilines is 1. The molecule has 0 fully saturated rings. The Morgan fingerprint density at radius 2 is 1.81 bits per heavy atom. The highest BCUT2D eigenvalue weighted by molar-refractivity contribution is 5.97. The molecule has 27 heavy (non-hydrogen) atoms. The second kappa shape index (κ2) is 7.03. The molecule has 0 saturated heterocycles. The van der Waals surface area contributed by atoms with Crippen molar-refractivity contribution in [2.75, 3.05) is 5.32 Å². The van der Waals surface area contributed by atoms with E-state index in [0.29, 0.717) is 22.3 Å². The Kier molecular flexibility index (Phi) is 4.42. The number of hydrogen-bond acceptors (Lipinski definition) is 2. The van der Waals surface area contributed by atoms with Crippen LogP contribution < -0.4 is 5.32 Å². The molecule has 0 aliphatic carbocycles. The Balaban J connectivity index is 1.85. The SMILES string of the molecule is Cc1ccc(F)c2ccn(C(C(=O)Nc3ccccc3)c3ccccn3)c12. The summed E-state index contributed by atoms with van der Waals surface area (Å²) in [5, 5.41) is 3.42. The molecule has 0 aliphatic rings. The fourth-order valence-corrected chi connectivity index (χ4v) is 3.31. The van der Waals surface area contributed by atoms with Gasteiger partial charge in [-0.3, -0.25) is 9.78 Å². The van der Waals surface area contributed by atoms with E-state index < -0.39 is 6.04 Å². The maximum atomic E-state index is 14.3. The molecule has 2 heterocycles. The van der Waals surface area contributed by atoms with Crippen LogP contribution in [0.5, 0.6) is 0 Å². The lowest BCUT2D eigenvalue weighted by atomic mass is 10.1. The van der Waals surface area contributed by atoms with Crippen LogP contribution in [0.4, 0.5) is 10.1 Å². The summed E-state index contributed by atoms with van der Waals surface area (Å²) in [7, 11) is 0. The molecule has 1 atom stereocenters. The first-order valence-electron chi connectivity index (χ1n) is 8.67. The fraction of sp³-hybridized carbons (Fsp3) is 0.0909. The summed E-state index contributed by atoms with van der Waals surface area (Å²) in [5.74, 6) is -0.543. The van der Waals surface area contributed by atoms with E-state index in [1.54, 1.807) is 41.2 Å². The topological polar surface area (TPSA) is 46.9 Å². The third-order valence-corrected chi connectivity index (χ3v) is 4.56. The van der Waals surface area contributed by atoms with E-state index in [0.717, 1.165) is 5.56 Å². The minimum absolute atomic E-state index is 0.235. The number of nitrogens with one attached hydrogen (secondary N) is 1. The predicted octanol–water partition coefficient (Wildman–Crippen LogP) is 4.71. The average Bonchev–Trinajstić information content (AvgIpc) is 3.13. The number of halogens is 1. The van der Waals surface area contributed by atoms with Gasteiger partial charge in [-0.2, -0.15) is 0 Å². The summed E-state index contributed by atoms with van der Waals surface area (Å²) in [6.45, 7) is 1.91. The molecule has 4 aromatic rings. The van der Waals surface area contributed by atoms with Crippen molar-refractivity contribution in [3.05, 3.63) is 96.2 Å². The zero-order valence-corrected chi connectivity index (χ0v) is 14.8. The number of carbonyl (C=O) groups excluding carboxylic acids is 1. The minimum Gasteiger partial charge on any atom is -0.329 e. The Morgan fingerprint density at radius 1 is 1.04 bits per heavy atom. The Hall–Kier alpha value is -3.47. The molecule has 5 heteroatoms. The quantitative estimate of drug-likeness (QED) is 0.573. The van der Waals surface area contributed by atoms with E-state index in [4.69, 9.17) is 0 Å². The molecule has 1 amide bonds. The second-order valence-corrected chi connectivity index (χ2v) is 6.36. The molecule has 0 aliphatic heterocycles. The Labute approximate surface area is 156 Å². The van der Waals surface area contributed by atoms with Crippen molar-refractivity contribution < 1.29 is 9.18 Å². The lowest BCUT2D eigenvalue weighted by Crippen LogP contribution is -2.27. The average molecular weight is 359 g/mol. The summed E-state index contributed by atoms with van der Waals surface area (Å²) in [4.78, 5) is 17.6. The number of aromatic nitrogens is 2. The van der Waals surface area contributed by atoms with Crippen LogP contribution in [0.25, 0.3) is 10.9 Å². The van der Waals surface area contributed by atoms with Gasteiger partial charge >= 0.3 is 0 Å². The first-order valence-corrected chi connectivity index (χ1v) is 8.67. The van der Waals surface area contributed by atoms with Crippen LogP contribution in [0.2, 0.25) is 0 Å². The van der Waals surface area contributed by atoms with E-state index >= 15 is 0 Å². The van der Waals surface area contributed by atoms with Crippen molar-refractivity contribution in [2.24, 2.45) is 0 Å². The molecule has 134 valence electrons. The van der Waals surface area contributed by atoms with Crippen molar-refractivity contribution in [1.82, 2.24) is 9.55 Å². The normalized spacial score (nSPS) is 12.1. The zero-order valence-electron chi connectivity index (χ0n) is 14.8. The molecule has 0 saturated carbocycles. The number of aryl methyl sites for hydroxylation is 1. The van der Waals surface area contributed by atoms with Crippen molar-refractivity contribution in [3.63, 3.8) is 0 Å². The maximum absolute atomic E-state index is 14.3. The lowest BCUT2D eigenvalue weighted by Gasteiger charge is -2.20. The summed E-state index contributed by atoms with van der Waals surface area (Å²) in [6, 6.07) is 18.8. The van der Waals surface area contributed by atoms with Crippen molar-refractivity contribution in [1.29, 1.82) is 0 Å². The van der Waals surface area contributed by atoms with Gasteiger partial charge in [0.25, 0.3) is 5.91 Å². The molecule has 0 spiro atoms. The molecular weight excluding hydrogens is 341 g/mol. The number of benzene rings is 2. The van der Waals surface area contributed by atoms with Crippen molar-refractivity contribution >= 4 is 22.5 Å². The zero-order chi connectivity index (χ0) is 18.8. The predicted molar refractivity (Wildman–Crippen MR) is 104 cm³/mol. The van der Waals surface area contributed by atoms with E-state index in [1.807, 2.05) is 43.3 Å². The van der Waals surface area contributed by atoms with Gasteiger partial charge < -0.3 is 9.88 Å². The first-order chi connectivity index (χ1) is 13.1. The Morgan fingerprint density at radius 3 is 2.56 bits per heavy atom. The number of carbonyl (C=O) groups is 1. The highest BCUT2D eigenvalue weighted by Gasteiger charge is 2.26. The fourth-order valence-electron chi connectivity index (χ4n) is 3.31. The van der Waals surface area contributed by atoms with Gasteiger partial charge in [0.1, 0.15) is 5.82 Å². The number of nitrogens with zero attached hydrogens (tertiary/aromatic N) is 2. The number of fused-ring (bicyclic) bond motifs is 1. The van der Waals surface area contributed by atoms with Crippen molar-refractivity contribution in [3.8, 4) is 0 Å². The van der Waals surface area contributed by atoms with Crippen LogP contribution in [0, 0.1) is 12.7 Å². The summed E-state index contributed by atoms with van der Waals surface area (Å²) >= 11 is 0. The Bertz CT molecular complexity index is 1090.